The van der Waals surface area contributed by atoms with Crippen molar-refractivity contribution in [3.63, 3.8) is 0 Å². The molecule has 4 aromatic rings. The van der Waals surface area contributed by atoms with Gasteiger partial charge in [0.05, 0.1) is 26.7 Å². The number of hydrogen-bond donors (Lipinski definition) is 1. The van der Waals surface area contributed by atoms with Gasteiger partial charge in [-0.2, -0.15) is 0 Å². The van der Waals surface area contributed by atoms with Crippen LogP contribution in [0.5, 0.6) is 0 Å². The molecule has 0 aliphatic rings. The topological polar surface area (TPSA) is 121 Å². The third-order valence-corrected chi connectivity index (χ3v) is 5.59. The summed E-state index contributed by atoms with van der Waals surface area (Å²) in [6.07, 6.45) is -1.21. The molecule has 9 nitrogen and oxygen atoms in total. The van der Waals surface area contributed by atoms with Crippen LogP contribution in [-0.2, 0) is 20.9 Å². The highest BCUT2D eigenvalue weighted by molar-refractivity contribution is 6.33. The number of anilines is 1. The van der Waals surface area contributed by atoms with Crippen molar-refractivity contribution < 1.29 is 19.2 Å². The van der Waals surface area contributed by atoms with E-state index in [4.69, 9.17) is 16.3 Å². The van der Waals surface area contributed by atoms with Gasteiger partial charge >= 0.3 is 5.97 Å². The summed E-state index contributed by atoms with van der Waals surface area (Å²) in [4.78, 5) is 48.5. The summed E-state index contributed by atoms with van der Waals surface area (Å²) in [6.45, 7) is 1.14. The lowest BCUT2D eigenvalue weighted by atomic mass is 10.1. The fraction of sp³-hybridized carbons (Fsp3) is 0.125. The van der Waals surface area contributed by atoms with Gasteiger partial charge in [0.2, 0.25) is 0 Å². The molecular formula is C24H18ClN3O6. The summed E-state index contributed by atoms with van der Waals surface area (Å²) < 4.78 is 6.97. The Hall–Kier alpha value is -4.24. The summed E-state index contributed by atoms with van der Waals surface area (Å²) in [6, 6.07) is 17.5. The number of nitro groups is 1. The Labute approximate surface area is 197 Å². The maximum absolute atomic E-state index is 12.8. The molecule has 172 valence electrons. The quantitative estimate of drug-likeness (QED) is 0.191. The third kappa shape index (κ3) is 4.46. The number of aromatic nitrogens is 1. The van der Waals surface area contributed by atoms with Gasteiger partial charge in [0.15, 0.2) is 11.5 Å². The highest BCUT2D eigenvalue weighted by atomic mass is 35.5. The summed E-state index contributed by atoms with van der Waals surface area (Å²) in [7, 11) is 0. The molecular weight excluding hydrogens is 462 g/mol. The van der Waals surface area contributed by atoms with Crippen LogP contribution in [0.3, 0.4) is 0 Å². The second-order valence-electron chi connectivity index (χ2n) is 7.49. The molecule has 4 rings (SSSR count). The molecule has 0 saturated heterocycles. The Morgan fingerprint density at radius 2 is 1.65 bits per heavy atom. The number of fused-ring (bicyclic) bond motifs is 2. The molecule has 34 heavy (non-hydrogen) atoms. The minimum absolute atomic E-state index is 0.0289. The molecule has 0 saturated carbocycles. The number of esters is 1. The fourth-order valence-corrected chi connectivity index (χ4v) is 3.79. The highest BCUT2D eigenvalue weighted by Crippen LogP contribution is 2.27. The van der Waals surface area contributed by atoms with Crippen molar-refractivity contribution in [2.75, 3.05) is 5.32 Å². The predicted molar refractivity (Wildman–Crippen MR) is 128 cm³/mol. The summed E-state index contributed by atoms with van der Waals surface area (Å²) in [5.41, 5.74) is 0.757. The van der Waals surface area contributed by atoms with Gasteiger partial charge in [-0.3, -0.25) is 24.5 Å². The number of carbonyl (C=O) groups is 2. The Morgan fingerprint density at radius 1 is 1.06 bits per heavy atom. The number of nitro benzene ring substituents is 1. The number of ether oxygens (including phenoxy) is 1. The average molecular weight is 480 g/mol. The molecule has 0 aliphatic heterocycles. The van der Waals surface area contributed by atoms with E-state index in [9.17, 15) is 24.5 Å². The largest absolute Gasteiger partial charge is 0.451 e. The predicted octanol–water partition coefficient (Wildman–Crippen LogP) is 4.29. The molecule has 0 radical (unpaired) electrons. The number of hydrogen-bond acceptors (Lipinski definition) is 6. The molecule has 1 heterocycles. The molecule has 0 bridgehead atoms. The van der Waals surface area contributed by atoms with Gasteiger partial charge in [-0.25, -0.2) is 0 Å². The van der Waals surface area contributed by atoms with Gasteiger partial charge in [-0.15, -0.1) is 0 Å². The number of amides is 1. The molecule has 1 atom stereocenters. The lowest BCUT2D eigenvalue weighted by molar-refractivity contribution is -0.384. The van der Waals surface area contributed by atoms with E-state index < -0.39 is 22.9 Å². The van der Waals surface area contributed by atoms with E-state index in [1.54, 1.807) is 53.1 Å². The first-order chi connectivity index (χ1) is 16.3. The van der Waals surface area contributed by atoms with Gasteiger partial charge in [-0.1, -0.05) is 35.9 Å². The van der Waals surface area contributed by atoms with E-state index in [1.807, 2.05) is 0 Å². The summed E-state index contributed by atoms with van der Waals surface area (Å²) in [5, 5.41) is 14.4. The van der Waals surface area contributed by atoms with Crippen LogP contribution in [0.4, 0.5) is 11.4 Å². The molecule has 0 fully saturated rings. The third-order valence-electron chi connectivity index (χ3n) is 5.26. The van der Waals surface area contributed by atoms with Crippen molar-refractivity contribution in [2.45, 2.75) is 19.6 Å². The molecule has 1 unspecified atom stereocenters. The zero-order valence-corrected chi connectivity index (χ0v) is 18.6. The lowest BCUT2D eigenvalue weighted by Gasteiger charge is -2.17. The lowest BCUT2D eigenvalue weighted by Crippen LogP contribution is -2.31. The van der Waals surface area contributed by atoms with Crippen LogP contribution >= 0.6 is 11.6 Å². The molecule has 0 spiro atoms. The number of non-ortho nitro benzene ring substituents is 1. The molecule has 3 aromatic carbocycles. The molecule has 1 amide bonds. The molecule has 1 N–H and O–H groups in total. The standard InChI is InChI=1S/C24H18ClN3O6/c1-14(24(31)26-19-12-15(28(32)33)10-11-18(19)25)34-22(29)13-27-20-8-4-2-6-16(20)23(30)17-7-3-5-9-21(17)27/h2-12,14H,13H2,1H3,(H,26,31). The van der Waals surface area contributed by atoms with E-state index in [1.165, 1.54) is 19.1 Å². The average Bonchev–Trinajstić information content (AvgIpc) is 2.82. The Bertz CT molecular complexity index is 1450. The van der Waals surface area contributed by atoms with Crippen LogP contribution in [0.2, 0.25) is 5.02 Å². The van der Waals surface area contributed by atoms with E-state index in [0.29, 0.717) is 21.8 Å². The van der Waals surface area contributed by atoms with Crippen LogP contribution in [0.25, 0.3) is 21.8 Å². The van der Waals surface area contributed by atoms with Crippen molar-refractivity contribution >= 4 is 56.7 Å². The number of para-hydroxylation sites is 2. The van der Waals surface area contributed by atoms with Crippen LogP contribution < -0.4 is 10.7 Å². The van der Waals surface area contributed by atoms with Crippen LogP contribution in [0.15, 0.2) is 71.5 Å². The first-order valence-corrected chi connectivity index (χ1v) is 10.6. The minimum Gasteiger partial charge on any atom is -0.451 e. The number of benzene rings is 3. The Morgan fingerprint density at radius 3 is 2.24 bits per heavy atom. The number of nitrogens with one attached hydrogen (secondary N) is 1. The van der Waals surface area contributed by atoms with Crippen molar-refractivity contribution in [3.8, 4) is 0 Å². The van der Waals surface area contributed by atoms with Gasteiger partial charge in [-0.05, 0) is 37.3 Å². The first-order valence-electron chi connectivity index (χ1n) is 10.2. The monoisotopic (exact) mass is 479 g/mol. The van der Waals surface area contributed by atoms with Crippen molar-refractivity contribution in [3.05, 3.63) is 92.1 Å². The Kier molecular flexibility index (Phi) is 6.29. The molecule has 1 aromatic heterocycles. The Balaban J connectivity index is 1.56. The van der Waals surface area contributed by atoms with E-state index in [0.717, 1.165) is 6.07 Å². The maximum atomic E-state index is 12.8. The zero-order chi connectivity index (χ0) is 24.4. The van der Waals surface area contributed by atoms with Crippen LogP contribution in [0, 0.1) is 10.1 Å². The summed E-state index contributed by atoms with van der Waals surface area (Å²) in [5.74, 6) is -1.41. The number of halogens is 1. The molecule has 0 aliphatic carbocycles. The van der Waals surface area contributed by atoms with Gasteiger partial charge in [0, 0.05) is 22.9 Å². The van der Waals surface area contributed by atoms with Crippen molar-refractivity contribution in [1.82, 2.24) is 4.57 Å². The second kappa shape index (κ2) is 9.32. The van der Waals surface area contributed by atoms with Crippen molar-refractivity contribution in [2.24, 2.45) is 0 Å². The van der Waals surface area contributed by atoms with Crippen LogP contribution in [0.1, 0.15) is 6.92 Å². The van der Waals surface area contributed by atoms with E-state index in [2.05, 4.69) is 5.32 Å². The summed E-state index contributed by atoms with van der Waals surface area (Å²) >= 11 is 6.01. The van der Waals surface area contributed by atoms with Gasteiger partial charge in [0.1, 0.15) is 6.54 Å². The van der Waals surface area contributed by atoms with E-state index in [-0.39, 0.29) is 28.4 Å². The molecule has 10 heteroatoms. The second-order valence-corrected chi connectivity index (χ2v) is 7.90. The van der Waals surface area contributed by atoms with Gasteiger partial charge < -0.3 is 14.6 Å². The van der Waals surface area contributed by atoms with E-state index >= 15 is 0 Å². The van der Waals surface area contributed by atoms with Crippen LogP contribution in [-0.4, -0.2) is 27.5 Å². The highest BCUT2D eigenvalue weighted by Gasteiger charge is 2.21. The number of rotatable bonds is 6. The maximum Gasteiger partial charge on any atom is 0.326 e. The first kappa shape index (κ1) is 22.9. The number of nitrogens with zero attached hydrogens (tertiary/aromatic N) is 2. The van der Waals surface area contributed by atoms with Crippen molar-refractivity contribution in [1.29, 1.82) is 0 Å². The van der Waals surface area contributed by atoms with Gasteiger partial charge in [0.25, 0.3) is 11.6 Å². The normalized spacial score (nSPS) is 11.8. The minimum atomic E-state index is -1.21. The SMILES string of the molecule is CC(OC(=O)Cn1c2ccccc2c(=O)c2ccccc21)C(=O)Nc1cc([N+](=O)[O-])ccc1Cl. The smallest absolute Gasteiger partial charge is 0.326 e. The zero-order valence-electron chi connectivity index (χ0n) is 17.9. The fourth-order valence-electron chi connectivity index (χ4n) is 3.62. The number of pyridine rings is 1. The number of carbonyl (C=O) groups excluding carboxylic acids is 2.